The highest BCUT2D eigenvalue weighted by molar-refractivity contribution is 5.49. The van der Waals surface area contributed by atoms with Crippen molar-refractivity contribution in [1.29, 1.82) is 0 Å². The second-order valence-corrected chi connectivity index (χ2v) is 4.98. The maximum Gasteiger partial charge on any atom is 0.419 e. The van der Waals surface area contributed by atoms with Crippen molar-refractivity contribution in [3.05, 3.63) is 41.5 Å². The molecular formula is C14H13F3N4O. The summed E-state index contributed by atoms with van der Waals surface area (Å²) in [7, 11) is 0. The van der Waals surface area contributed by atoms with Gasteiger partial charge in [-0.15, -0.1) is 0 Å². The van der Waals surface area contributed by atoms with Crippen LogP contribution in [0.4, 0.5) is 19.0 Å². The zero-order valence-electron chi connectivity index (χ0n) is 11.5. The molecule has 0 aliphatic carbocycles. The number of rotatable bonds is 1. The quantitative estimate of drug-likeness (QED) is 0.875. The summed E-state index contributed by atoms with van der Waals surface area (Å²) in [5, 5.41) is 9.76. The molecule has 2 aromatic rings. The first-order chi connectivity index (χ1) is 10.5. The summed E-state index contributed by atoms with van der Waals surface area (Å²) in [6.45, 7) is 0.664. The van der Waals surface area contributed by atoms with Crippen molar-refractivity contribution in [3.63, 3.8) is 0 Å². The molecule has 1 aliphatic rings. The molecule has 0 aromatic carbocycles. The van der Waals surface area contributed by atoms with Gasteiger partial charge >= 0.3 is 6.18 Å². The number of aromatic hydroxyl groups is 1. The summed E-state index contributed by atoms with van der Waals surface area (Å²) in [6.07, 6.45) is -1.05. The van der Waals surface area contributed by atoms with E-state index in [1.54, 1.807) is 4.90 Å². The molecule has 8 heteroatoms. The molecule has 0 amide bonds. The average molecular weight is 310 g/mol. The molecular weight excluding hydrogens is 297 g/mol. The van der Waals surface area contributed by atoms with Crippen LogP contribution in [-0.2, 0) is 19.0 Å². The molecule has 1 aliphatic heterocycles. The molecule has 0 unspecified atom stereocenters. The van der Waals surface area contributed by atoms with Gasteiger partial charge in [0.2, 0.25) is 5.88 Å². The van der Waals surface area contributed by atoms with Gasteiger partial charge in [0.25, 0.3) is 0 Å². The van der Waals surface area contributed by atoms with E-state index in [-0.39, 0.29) is 11.7 Å². The predicted molar refractivity (Wildman–Crippen MR) is 72.6 cm³/mol. The zero-order chi connectivity index (χ0) is 15.7. The first-order valence-electron chi connectivity index (χ1n) is 6.75. The zero-order valence-corrected chi connectivity index (χ0v) is 11.5. The van der Waals surface area contributed by atoms with E-state index in [4.69, 9.17) is 0 Å². The van der Waals surface area contributed by atoms with Crippen LogP contribution in [-0.4, -0.2) is 33.1 Å². The van der Waals surface area contributed by atoms with E-state index < -0.39 is 11.7 Å². The minimum absolute atomic E-state index is 0.0877. The minimum atomic E-state index is -4.45. The summed E-state index contributed by atoms with van der Waals surface area (Å²) >= 11 is 0. The Morgan fingerprint density at radius 1 is 1.09 bits per heavy atom. The van der Waals surface area contributed by atoms with Gasteiger partial charge in [-0.05, 0) is 18.6 Å². The fraction of sp³-hybridized carbons (Fsp3) is 0.357. The Morgan fingerprint density at radius 3 is 2.64 bits per heavy atom. The van der Waals surface area contributed by atoms with Crippen molar-refractivity contribution in [1.82, 2.24) is 15.0 Å². The van der Waals surface area contributed by atoms with Crippen LogP contribution in [0.1, 0.15) is 16.8 Å². The van der Waals surface area contributed by atoms with Gasteiger partial charge in [0.15, 0.2) is 0 Å². The van der Waals surface area contributed by atoms with Gasteiger partial charge in [0, 0.05) is 31.3 Å². The van der Waals surface area contributed by atoms with Gasteiger partial charge < -0.3 is 10.0 Å². The predicted octanol–water partition coefficient (Wildman–Crippen LogP) is 2.20. The average Bonchev–Trinajstić information content (AvgIpc) is 2.70. The third-order valence-electron chi connectivity index (χ3n) is 3.65. The van der Waals surface area contributed by atoms with Crippen LogP contribution in [0.2, 0.25) is 0 Å². The Morgan fingerprint density at radius 2 is 1.86 bits per heavy atom. The highest BCUT2D eigenvalue weighted by atomic mass is 19.4. The molecule has 0 saturated carbocycles. The van der Waals surface area contributed by atoms with Crippen molar-refractivity contribution in [3.8, 4) is 5.88 Å². The highest BCUT2D eigenvalue weighted by Crippen LogP contribution is 2.35. The van der Waals surface area contributed by atoms with E-state index in [2.05, 4.69) is 15.0 Å². The largest absolute Gasteiger partial charge is 0.493 e. The van der Waals surface area contributed by atoms with E-state index in [1.807, 2.05) is 0 Å². The number of nitrogens with zero attached hydrogens (tertiary/aromatic N) is 4. The molecule has 5 nitrogen and oxygen atoms in total. The maximum atomic E-state index is 13.1. The topological polar surface area (TPSA) is 62.1 Å². The molecule has 116 valence electrons. The summed E-state index contributed by atoms with van der Waals surface area (Å²) in [5.74, 6) is -0.195. The molecule has 1 N–H and O–H groups in total. The normalized spacial score (nSPS) is 15.3. The lowest BCUT2D eigenvalue weighted by Crippen LogP contribution is -2.29. The smallest absolute Gasteiger partial charge is 0.419 e. The van der Waals surface area contributed by atoms with Crippen LogP contribution in [0.25, 0.3) is 0 Å². The summed E-state index contributed by atoms with van der Waals surface area (Å²) in [4.78, 5) is 13.3. The summed E-state index contributed by atoms with van der Waals surface area (Å²) in [5.41, 5.74) is 0.505. The van der Waals surface area contributed by atoms with Crippen LogP contribution < -0.4 is 4.90 Å². The van der Waals surface area contributed by atoms with Gasteiger partial charge in [-0.3, -0.25) is 0 Å². The molecule has 2 aromatic heterocycles. The van der Waals surface area contributed by atoms with Crippen LogP contribution in [0.3, 0.4) is 0 Å². The molecule has 22 heavy (non-hydrogen) atoms. The van der Waals surface area contributed by atoms with Gasteiger partial charge in [-0.1, -0.05) is 0 Å². The number of halogens is 3. The van der Waals surface area contributed by atoms with E-state index >= 15 is 0 Å². The first-order valence-corrected chi connectivity index (χ1v) is 6.75. The molecule has 3 rings (SSSR count). The number of hydrogen-bond donors (Lipinski definition) is 1. The van der Waals surface area contributed by atoms with E-state index in [1.165, 1.54) is 18.6 Å². The molecule has 0 bridgehead atoms. The summed E-state index contributed by atoms with van der Waals surface area (Å²) < 4.78 is 39.3. The Kier molecular flexibility index (Phi) is 3.59. The lowest BCUT2D eigenvalue weighted by molar-refractivity contribution is -0.137. The molecule has 0 spiro atoms. The standard InChI is InChI=1S/C14H13F3N4O/c15-14(16,17)10-2-1-5-18-12(10)21-6-3-9-11(4-7-21)19-8-20-13(9)22/h1-2,5,8H,3-4,6-7H2,(H,19,20,22). The van der Waals surface area contributed by atoms with Crippen LogP contribution in [0, 0.1) is 0 Å². The van der Waals surface area contributed by atoms with Crippen molar-refractivity contribution < 1.29 is 18.3 Å². The lowest BCUT2D eigenvalue weighted by Gasteiger charge is -2.24. The fourth-order valence-electron chi connectivity index (χ4n) is 2.59. The van der Waals surface area contributed by atoms with Crippen LogP contribution in [0.5, 0.6) is 5.88 Å². The number of anilines is 1. The van der Waals surface area contributed by atoms with Gasteiger partial charge in [-0.25, -0.2) is 15.0 Å². The number of alkyl halides is 3. The molecule has 3 heterocycles. The monoisotopic (exact) mass is 310 g/mol. The number of aromatic nitrogens is 3. The second-order valence-electron chi connectivity index (χ2n) is 4.98. The van der Waals surface area contributed by atoms with Crippen LogP contribution >= 0.6 is 0 Å². The van der Waals surface area contributed by atoms with Crippen molar-refractivity contribution in [2.45, 2.75) is 19.0 Å². The van der Waals surface area contributed by atoms with E-state index in [0.29, 0.717) is 37.2 Å². The fourth-order valence-corrected chi connectivity index (χ4v) is 2.59. The lowest BCUT2D eigenvalue weighted by atomic mass is 10.1. The molecule has 0 atom stereocenters. The molecule has 0 fully saturated rings. The van der Waals surface area contributed by atoms with Crippen molar-refractivity contribution in [2.75, 3.05) is 18.0 Å². The third kappa shape index (κ3) is 2.68. The van der Waals surface area contributed by atoms with E-state index in [0.717, 1.165) is 6.07 Å². The minimum Gasteiger partial charge on any atom is -0.493 e. The number of pyridine rings is 1. The van der Waals surface area contributed by atoms with Crippen LogP contribution in [0.15, 0.2) is 24.7 Å². The Bertz CT molecular complexity index is 690. The molecule has 0 saturated heterocycles. The SMILES string of the molecule is Oc1ncnc2c1CCN(c1ncccc1C(F)(F)F)CC2. The van der Waals surface area contributed by atoms with Crippen molar-refractivity contribution in [2.24, 2.45) is 0 Å². The molecule has 0 radical (unpaired) electrons. The van der Waals surface area contributed by atoms with Gasteiger partial charge in [0.1, 0.15) is 12.1 Å². The Labute approximate surface area is 124 Å². The van der Waals surface area contributed by atoms with E-state index in [9.17, 15) is 18.3 Å². The maximum absolute atomic E-state index is 13.1. The van der Waals surface area contributed by atoms with Gasteiger partial charge in [-0.2, -0.15) is 13.2 Å². The van der Waals surface area contributed by atoms with Crippen molar-refractivity contribution >= 4 is 5.82 Å². The Hall–Kier alpha value is -2.38. The summed E-state index contributed by atoms with van der Waals surface area (Å²) in [6, 6.07) is 2.30. The Balaban J connectivity index is 1.92. The number of hydrogen-bond acceptors (Lipinski definition) is 5. The second kappa shape index (κ2) is 5.43. The first kappa shape index (κ1) is 14.6. The van der Waals surface area contributed by atoms with Gasteiger partial charge in [0.05, 0.1) is 11.3 Å². The number of fused-ring (bicyclic) bond motifs is 1. The highest BCUT2D eigenvalue weighted by Gasteiger charge is 2.36. The third-order valence-corrected chi connectivity index (χ3v) is 3.65.